The van der Waals surface area contributed by atoms with Gasteiger partial charge in [0.2, 0.25) is 0 Å². The van der Waals surface area contributed by atoms with Gasteiger partial charge in [-0.1, -0.05) is 18.2 Å². The zero-order chi connectivity index (χ0) is 15.2. The Balaban J connectivity index is 2.21. The highest BCUT2D eigenvalue weighted by atomic mass is 16.5. The van der Waals surface area contributed by atoms with Gasteiger partial charge in [0.25, 0.3) is 5.56 Å². The Morgan fingerprint density at radius 3 is 2.67 bits per heavy atom. The van der Waals surface area contributed by atoms with E-state index in [9.17, 15) is 4.79 Å². The second-order valence-corrected chi connectivity index (χ2v) is 4.88. The lowest BCUT2D eigenvalue weighted by molar-refractivity contribution is 0.335. The first-order valence-corrected chi connectivity index (χ1v) is 7.34. The van der Waals surface area contributed by atoms with E-state index in [1.54, 1.807) is 10.6 Å². The van der Waals surface area contributed by atoms with Crippen LogP contribution in [0.25, 0.3) is 0 Å². The summed E-state index contributed by atoms with van der Waals surface area (Å²) in [5, 5.41) is 3.42. The van der Waals surface area contributed by atoms with Crippen LogP contribution in [0, 0.1) is 0 Å². The van der Waals surface area contributed by atoms with Crippen molar-refractivity contribution in [1.82, 2.24) is 4.57 Å². The fourth-order valence-electron chi connectivity index (χ4n) is 2.32. The minimum atomic E-state index is 0.0189. The van der Waals surface area contributed by atoms with Crippen LogP contribution in [0.5, 0.6) is 5.75 Å². The van der Waals surface area contributed by atoms with Crippen molar-refractivity contribution in [3.8, 4) is 5.75 Å². The molecule has 0 bridgehead atoms. The Hall–Kier alpha value is -2.23. The second-order valence-electron chi connectivity index (χ2n) is 4.88. The van der Waals surface area contributed by atoms with Crippen molar-refractivity contribution in [3.63, 3.8) is 0 Å². The van der Waals surface area contributed by atoms with Crippen molar-refractivity contribution in [2.75, 3.05) is 11.9 Å². The fraction of sp³-hybridized carbons (Fsp3) is 0.353. The molecule has 1 aromatic heterocycles. The van der Waals surface area contributed by atoms with Gasteiger partial charge in [-0.05, 0) is 32.9 Å². The number of anilines is 1. The van der Waals surface area contributed by atoms with Gasteiger partial charge in [0.1, 0.15) is 5.75 Å². The third-order valence-electron chi connectivity index (χ3n) is 3.39. The molecule has 112 valence electrons. The molecule has 2 aromatic rings. The lowest BCUT2D eigenvalue weighted by Crippen LogP contribution is -2.18. The Kier molecular flexibility index (Phi) is 5.04. The number of hydrogen-bond acceptors (Lipinski definition) is 3. The van der Waals surface area contributed by atoms with E-state index in [1.165, 1.54) is 0 Å². The zero-order valence-electron chi connectivity index (χ0n) is 12.8. The molecule has 2 rings (SSSR count). The van der Waals surface area contributed by atoms with Gasteiger partial charge in [-0.3, -0.25) is 4.79 Å². The van der Waals surface area contributed by atoms with Crippen molar-refractivity contribution in [2.24, 2.45) is 0 Å². The average molecular weight is 286 g/mol. The molecular weight excluding hydrogens is 264 g/mol. The molecule has 1 atom stereocenters. The van der Waals surface area contributed by atoms with Crippen molar-refractivity contribution < 1.29 is 4.74 Å². The summed E-state index contributed by atoms with van der Waals surface area (Å²) in [6.07, 6.45) is 1.85. The molecular formula is C17H22N2O2. The third-order valence-corrected chi connectivity index (χ3v) is 3.39. The van der Waals surface area contributed by atoms with Gasteiger partial charge in [-0.15, -0.1) is 0 Å². The fourth-order valence-corrected chi connectivity index (χ4v) is 2.32. The van der Waals surface area contributed by atoms with Gasteiger partial charge < -0.3 is 14.6 Å². The first-order valence-electron chi connectivity index (χ1n) is 7.34. The summed E-state index contributed by atoms with van der Waals surface area (Å²) in [6.45, 7) is 7.33. The maximum absolute atomic E-state index is 11.6. The third kappa shape index (κ3) is 3.66. The number of nitrogens with one attached hydrogen (secondary N) is 1. The molecule has 4 nitrogen and oxygen atoms in total. The summed E-state index contributed by atoms with van der Waals surface area (Å²) in [4.78, 5) is 11.6. The number of ether oxygens (including phenoxy) is 1. The molecule has 0 aliphatic heterocycles. The topological polar surface area (TPSA) is 43.3 Å². The van der Waals surface area contributed by atoms with E-state index in [2.05, 4.69) is 18.3 Å². The number of benzene rings is 1. The molecule has 0 saturated carbocycles. The van der Waals surface area contributed by atoms with Gasteiger partial charge in [0.05, 0.1) is 18.3 Å². The number of nitrogens with zero attached hydrogens (tertiary/aromatic N) is 1. The van der Waals surface area contributed by atoms with Crippen LogP contribution in [0.15, 0.2) is 47.4 Å². The number of para-hydroxylation sites is 1. The summed E-state index contributed by atoms with van der Waals surface area (Å²) in [6, 6.07) is 11.5. The zero-order valence-corrected chi connectivity index (χ0v) is 12.8. The second kappa shape index (κ2) is 6.97. The molecule has 1 unspecified atom stereocenters. The Morgan fingerprint density at radius 1 is 1.19 bits per heavy atom. The summed E-state index contributed by atoms with van der Waals surface area (Å²) in [5.74, 6) is 0.892. The predicted molar refractivity (Wildman–Crippen MR) is 86.0 cm³/mol. The highest BCUT2D eigenvalue weighted by molar-refractivity contribution is 5.46. The van der Waals surface area contributed by atoms with Crippen LogP contribution in [-0.4, -0.2) is 11.2 Å². The van der Waals surface area contributed by atoms with E-state index >= 15 is 0 Å². The predicted octanol–water partition coefficient (Wildman–Crippen LogP) is 3.44. The van der Waals surface area contributed by atoms with E-state index in [1.807, 2.05) is 44.3 Å². The number of pyridine rings is 1. The van der Waals surface area contributed by atoms with Crippen LogP contribution in [0.2, 0.25) is 0 Å². The number of aromatic nitrogens is 1. The van der Waals surface area contributed by atoms with Crippen LogP contribution in [0.1, 0.15) is 32.4 Å². The van der Waals surface area contributed by atoms with E-state index in [-0.39, 0.29) is 11.6 Å². The minimum absolute atomic E-state index is 0.0189. The summed E-state index contributed by atoms with van der Waals surface area (Å²) in [7, 11) is 0. The molecule has 0 saturated heterocycles. The van der Waals surface area contributed by atoms with Crippen LogP contribution in [0.4, 0.5) is 5.69 Å². The lowest BCUT2D eigenvalue weighted by atomic mass is 10.1. The Bertz CT molecular complexity index is 649. The standard InChI is InChI=1S/C17H22N2O2/c1-4-19-12-14(10-11-17(19)20)18-13(3)15-8-6-7-9-16(15)21-5-2/h6-13,18H,4-5H2,1-3H3. The summed E-state index contributed by atoms with van der Waals surface area (Å²) < 4.78 is 7.35. The monoisotopic (exact) mass is 286 g/mol. The smallest absolute Gasteiger partial charge is 0.250 e. The van der Waals surface area contributed by atoms with Crippen LogP contribution in [-0.2, 0) is 6.54 Å². The van der Waals surface area contributed by atoms with E-state index in [4.69, 9.17) is 4.74 Å². The Labute approximate surface area is 125 Å². The summed E-state index contributed by atoms with van der Waals surface area (Å²) >= 11 is 0. The van der Waals surface area contributed by atoms with Gasteiger partial charge in [-0.25, -0.2) is 0 Å². The van der Waals surface area contributed by atoms with E-state index < -0.39 is 0 Å². The maximum Gasteiger partial charge on any atom is 0.250 e. The lowest BCUT2D eigenvalue weighted by Gasteiger charge is -2.19. The van der Waals surface area contributed by atoms with E-state index in [0.717, 1.165) is 17.0 Å². The van der Waals surface area contributed by atoms with Crippen LogP contribution < -0.4 is 15.6 Å². The molecule has 1 heterocycles. The SMILES string of the molecule is CCOc1ccccc1C(C)Nc1ccc(=O)n(CC)c1. The van der Waals surface area contributed by atoms with Gasteiger partial charge in [-0.2, -0.15) is 0 Å². The van der Waals surface area contributed by atoms with Crippen molar-refractivity contribution in [1.29, 1.82) is 0 Å². The first-order chi connectivity index (χ1) is 10.2. The Morgan fingerprint density at radius 2 is 1.95 bits per heavy atom. The van der Waals surface area contributed by atoms with Crippen molar-refractivity contribution in [3.05, 3.63) is 58.5 Å². The molecule has 0 radical (unpaired) electrons. The highest BCUT2D eigenvalue weighted by Gasteiger charge is 2.11. The molecule has 0 fully saturated rings. The summed E-state index contributed by atoms with van der Waals surface area (Å²) in [5.41, 5.74) is 2.05. The molecule has 1 N–H and O–H groups in total. The van der Waals surface area contributed by atoms with E-state index in [0.29, 0.717) is 13.2 Å². The van der Waals surface area contributed by atoms with Gasteiger partial charge in [0, 0.05) is 24.4 Å². The molecule has 0 aliphatic rings. The maximum atomic E-state index is 11.6. The molecule has 0 spiro atoms. The largest absolute Gasteiger partial charge is 0.494 e. The molecule has 0 aliphatic carbocycles. The number of rotatable bonds is 6. The molecule has 4 heteroatoms. The number of hydrogen-bond donors (Lipinski definition) is 1. The molecule has 21 heavy (non-hydrogen) atoms. The van der Waals surface area contributed by atoms with Crippen molar-refractivity contribution >= 4 is 5.69 Å². The van der Waals surface area contributed by atoms with Gasteiger partial charge >= 0.3 is 0 Å². The van der Waals surface area contributed by atoms with Gasteiger partial charge in [0.15, 0.2) is 0 Å². The van der Waals surface area contributed by atoms with Crippen LogP contribution in [0.3, 0.4) is 0 Å². The van der Waals surface area contributed by atoms with Crippen molar-refractivity contribution in [2.45, 2.75) is 33.4 Å². The number of aryl methyl sites for hydroxylation is 1. The van der Waals surface area contributed by atoms with Crippen LogP contribution >= 0.6 is 0 Å². The molecule has 1 aromatic carbocycles. The first kappa shape index (κ1) is 15.2. The average Bonchev–Trinajstić information content (AvgIpc) is 2.50. The highest BCUT2D eigenvalue weighted by Crippen LogP contribution is 2.27. The molecule has 0 amide bonds. The quantitative estimate of drug-likeness (QED) is 0.884. The normalized spacial score (nSPS) is 12.0. The minimum Gasteiger partial charge on any atom is -0.494 e.